The van der Waals surface area contributed by atoms with E-state index in [1.54, 1.807) is 20.1 Å². The first kappa shape index (κ1) is 16.1. The molecule has 0 heterocycles. The van der Waals surface area contributed by atoms with Gasteiger partial charge in [-0.05, 0) is 36.6 Å². The van der Waals surface area contributed by atoms with Gasteiger partial charge in [-0.3, -0.25) is 0 Å². The van der Waals surface area contributed by atoms with Gasteiger partial charge in [-0.15, -0.1) is 0 Å². The van der Waals surface area contributed by atoms with Crippen molar-refractivity contribution < 1.29 is 19.4 Å². The zero-order chi connectivity index (χ0) is 15.3. The second kappa shape index (κ2) is 6.46. The predicted octanol–water partition coefficient (Wildman–Crippen LogP) is 3.40. The van der Waals surface area contributed by atoms with Crippen LogP contribution in [0.5, 0.6) is 11.5 Å². The van der Waals surface area contributed by atoms with Crippen LogP contribution in [-0.4, -0.2) is 24.8 Å². The fourth-order valence-electron chi connectivity index (χ4n) is 1.69. The molecule has 110 valence electrons. The van der Waals surface area contributed by atoms with Gasteiger partial charge in [0, 0.05) is 11.1 Å². The molecule has 0 aromatic heterocycles. The van der Waals surface area contributed by atoms with Gasteiger partial charge in [-0.1, -0.05) is 20.8 Å². The van der Waals surface area contributed by atoms with Crippen LogP contribution in [0, 0.1) is 0 Å². The lowest BCUT2D eigenvalue weighted by molar-refractivity contribution is -0.132. The number of carboxylic acids is 1. The van der Waals surface area contributed by atoms with Crippen LogP contribution in [0.1, 0.15) is 33.3 Å². The molecule has 0 fully saturated rings. The molecule has 0 spiro atoms. The Morgan fingerprint density at radius 1 is 1.35 bits per heavy atom. The van der Waals surface area contributed by atoms with Gasteiger partial charge in [-0.25, -0.2) is 4.79 Å². The molecule has 0 aliphatic rings. The number of methoxy groups -OCH3 is 1. The topological polar surface area (TPSA) is 55.8 Å². The van der Waals surface area contributed by atoms with Crippen LogP contribution in [0.15, 0.2) is 29.8 Å². The van der Waals surface area contributed by atoms with E-state index in [0.29, 0.717) is 0 Å². The molecule has 0 saturated heterocycles. The van der Waals surface area contributed by atoms with Gasteiger partial charge >= 0.3 is 5.97 Å². The smallest absolute Gasteiger partial charge is 0.331 e. The van der Waals surface area contributed by atoms with Gasteiger partial charge in [0.25, 0.3) is 0 Å². The summed E-state index contributed by atoms with van der Waals surface area (Å²) in [5, 5.41) is 8.79. The number of carboxylic acid groups (broad SMARTS) is 1. The van der Waals surface area contributed by atoms with Crippen LogP contribution in [0.25, 0.3) is 0 Å². The van der Waals surface area contributed by atoms with Crippen molar-refractivity contribution in [3.05, 3.63) is 35.4 Å². The van der Waals surface area contributed by atoms with Gasteiger partial charge in [-0.2, -0.15) is 0 Å². The van der Waals surface area contributed by atoms with Crippen molar-refractivity contribution in [1.82, 2.24) is 0 Å². The van der Waals surface area contributed by atoms with Crippen LogP contribution < -0.4 is 9.47 Å². The summed E-state index contributed by atoms with van der Waals surface area (Å²) in [5.41, 5.74) is 1.21. The van der Waals surface area contributed by atoms with Crippen molar-refractivity contribution in [3.63, 3.8) is 0 Å². The fourth-order valence-corrected chi connectivity index (χ4v) is 1.69. The van der Waals surface area contributed by atoms with Crippen LogP contribution in [0.4, 0.5) is 0 Å². The SMILES string of the molecule is COc1ccc(OCC=C(C)C(=O)O)c(C(C)(C)C)c1. The Bertz CT molecular complexity index is 510. The van der Waals surface area contributed by atoms with Gasteiger partial charge in [0.15, 0.2) is 0 Å². The third kappa shape index (κ3) is 4.30. The number of hydrogen-bond donors (Lipinski definition) is 1. The molecule has 0 radical (unpaired) electrons. The standard InChI is InChI=1S/C16H22O4/c1-11(15(17)18)8-9-20-14-7-6-12(19-5)10-13(14)16(2,3)4/h6-8,10H,9H2,1-5H3,(H,17,18). The normalized spacial score (nSPS) is 12.2. The van der Waals surface area contributed by atoms with E-state index in [1.807, 2.05) is 18.2 Å². The minimum absolute atomic E-state index is 0.0879. The van der Waals surface area contributed by atoms with Crippen LogP contribution in [-0.2, 0) is 10.2 Å². The summed E-state index contributed by atoms with van der Waals surface area (Å²) in [4.78, 5) is 10.7. The zero-order valence-electron chi connectivity index (χ0n) is 12.7. The maximum Gasteiger partial charge on any atom is 0.331 e. The summed E-state index contributed by atoms with van der Waals surface area (Å²) in [5.74, 6) is 0.589. The second-order valence-electron chi connectivity index (χ2n) is 5.62. The molecule has 20 heavy (non-hydrogen) atoms. The van der Waals surface area contributed by atoms with E-state index in [0.717, 1.165) is 17.1 Å². The maximum absolute atomic E-state index is 10.7. The number of ether oxygens (including phenoxy) is 2. The van der Waals surface area contributed by atoms with Crippen molar-refractivity contribution >= 4 is 5.97 Å². The van der Waals surface area contributed by atoms with Crippen molar-refractivity contribution in [2.45, 2.75) is 33.1 Å². The molecule has 0 atom stereocenters. The van der Waals surface area contributed by atoms with Gasteiger partial charge in [0.2, 0.25) is 0 Å². The van der Waals surface area contributed by atoms with E-state index in [1.165, 1.54) is 0 Å². The van der Waals surface area contributed by atoms with E-state index < -0.39 is 5.97 Å². The molecule has 4 heteroatoms. The molecule has 0 amide bonds. The largest absolute Gasteiger partial charge is 0.497 e. The van der Waals surface area contributed by atoms with Crippen LogP contribution in [0.2, 0.25) is 0 Å². The zero-order valence-corrected chi connectivity index (χ0v) is 12.7. The number of carbonyl (C=O) groups is 1. The van der Waals surface area contributed by atoms with Gasteiger partial charge in [0.05, 0.1) is 7.11 Å². The van der Waals surface area contributed by atoms with E-state index in [2.05, 4.69) is 20.8 Å². The minimum Gasteiger partial charge on any atom is -0.497 e. The quantitative estimate of drug-likeness (QED) is 0.839. The van der Waals surface area contributed by atoms with Gasteiger partial charge < -0.3 is 14.6 Å². The highest BCUT2D eigenvalue weighted by atomic mass is 16.5. The Balaban J connectivity index is 2.95. The average Bonchev–Trinajstić information content (AvgIpc) is 2.37. The lowest BCUT2D eigenvalue weighted by atomic mass is 9.86. The Kier molecular flexibility index (Phi) is 5.19. The summed E-state index contributed by atoms with van der Waals surface area (Å²) in [6.45, 7) is 8.05. The predicted molar refractivity (Wildman–Crippen MR) is 78.6 cm³/mol. The van der Waals surface area contributed by atoms with Crippen LogP contribution >= 0.6 is 0 Å². The molecule has 0 saturated carbocycles. The highest BCUT2D eigenvalue weighted by Crippen LogP contribution is 2.34. The highest BCUT2D eigenvalue weighted by molar-refractivity contribution is 5.85. The number of benzene rings is 1. The summed E-state index contributed by atoms with van der Waals surface area (Å²) in [7, 11) is 1.63. The number of aliphatic carboxylic acids is 1. The summed E-state index contributed by atoms with van der Waals surface area (Å²) >= 11 is 0. The van der Waals surface area contributed by atoms with E-state index >= 15 is 0 Å². The van der Waals surface area contributed by atoms with E-state index in [-0.39, 0.29) is 17.6 Å². The van der Waals surface area contributed by atoms with E-state index in [9.17, 15) is 4.79 Å². The Hall–Kier alpha value is -1.97. The van der Waals surface area contributed by atoms with Gasteiger partial charge in [0.1, 0.15) is 18.1 Å². The third-order valence-electron chi connectivity index (χ3n) is 2.96. The summed E-state index contributed by atoms with van der Waals surface area (Å²) < 4.78 is 10.9. The fraction of sp³-hybridized carbons (Fsp3) is 0.438. The van der Waals surface area contributed by atoms with Crippen molar-refractivity contribution in [2.75, 3.05) is 13.7 Å². The molecule has 0 aliphatic carbocycles. The molecule has 0 aliphatic heterocycles. The average molecular weight is 278 g/mol. The lowest BCUT2D eigenvalue weighted by Crippen LogP contribution is -2.14. The first-order valence-corrected chi connectivity index (χ1v) is 6.47. The first-order chi connectivity index (χ1) is 9.25. The molecule has 1 N–H and O–H groups in total. The Morgan fingerprint density at radius 3 is 2.50 bits per heavy atom. The molecule has 0 unspecified atom stereocenters. The van der Waals surface area contributed by atoms with Crippen LogP contribution in [0.3, 0.4) is 0 Å². The maximum atomic E-state index is 10.7. The molecular formula is C16H22O4. The molecule has 0 bridgehead atoms. The Morgan fingerprint density at radius 2 is 2.00 bits per heavy atom. The van der Waals surface area contributed by atoms with Crippen molar-refractivity contribution in [2.24, 2.45) is 0 Å². The Labute approximate surface area is 120 Å². The van der Waals surface area contributed by atoms with Crippen molar-refractivity contribution in [1.29, 1.82) is 0 Å². The number of hydrogen-bond acceptors (Lipinski definition) is 3. The first-order valence-electron chi connectivity index (χ1n) is 6.47. The third-order valence-corrected chi connectivity index (χ3v) is 2.96. The molecule has 1 aromatic rings. The second-order valence-corrected chi connectivity index (χ2v) is 5.62. The monoisotopic (exact) mass is 278 g/mol. The lowest BCUT2D eigenvalue weighted by Gasteiger charge is -2.23. The molecular weight excluding hydrogens is 256 g/mol. The van der Waals surface area contributed by atoms with Crippen molar-refractivity contribution in [3.8, 4) is 11.5 Å². The molecule has 4 nitrogen and oxygen atoms in total. The number of rotatable bonds is 5. The summed E-state index contributed by atoms with van der Waals surface area (Å²) in [6, 6.07) is 5.63. The minimum atomic E-state index is -0.931. The van der Waals surface area contributed by atoms with E-state index in [4.69, 9.17) is 14.6 Å². The highest BCUT2D eigenvalue weighted by Gasteiger charge is 2.19. The summed E-state index contributed by atoms with van der Waals surface area (Å²) in [6.07, 6.45) is 1.55. The molecule has 1 aromatic carbocycles. The molecule has 1 rings (SSSR count).